The molecule has 1 amide bonds. The Balaban J connectivity index is 2.25. The number of carbonyl (C=O) groups is 3. The predicted octanol–water partition coefficient (Wildman–Crippen LogP) is 3.21. The summed E-state index contributed by atoms with van der Waals surface area (Å²) in [6.07, 6.45) is 3.45. The minimum atomic E-state index is -1.14. The van der Waals surface area contributed by atoms with Gasteiger partial charge in [-0.2, -0.15) is 0 Å². The van der Waals surface area contributed by atoms with Crippen molar-refractivity contribution >= 4 is 35.7 Å². The number of amides is 1. The van der Waals surface area contributed by atoms with E-state index in [-0.39, 0.29) is 22.7 Å². The number of rotatable bonds is 5. The van der Waals surface area contributed by atoms with Crippen LogP contribution in [0.4, 0.5) is 5.69 Å². The number of anilines is 1. The average Bonchev–Trinajstić information content (AvgIpc) is 2.53. The molecule has 0 aliphatic rings. The van der Waals surface area contributed by atoms with Gasteiger partial charge in [0.1, 0.15) is 0 Å². The molecule has 2 rings (SSSR count). The molecule has 3 N–H and O–H groups in total. The van der Waals surface area contributed by atoms with Gasteiger partial charge in [0.2, 0.25) is 5.91 Å². The highest BCUT2D eigenvalue weighted by molar-refractivity contribution is 6.00. The number of hydrogen-bond donors (Lipinski definition) is 3. The van der Waals surface area contributed by atoms with E-state index in [1.54, 1.807) is 30.4 Å². The molecule has 0 aliphatic heterocycles. The molecule has 2 aromatic carbocycles. The van der Waals surface area contributed by atoms with Crippen molar-refractivity contribution < 1.29 is 24.6 Å². The first-order chi connectivity index (χ1) is 11.4. The minimum absolute atomic E-state index is 0.00595. The van der Waals surface area contributed by atoms with Crippen LogP contribution in [-0.4, -0.2) is 28.1 Å². The Bertz CT molecular complexity index is 822. The molecule has 0 fully saturated rings. The van der Waals surface area contributed by atoms with E-state index in [1.165, 1.54) is 31.2 Å². The fraction of sp³-hybridized carbons (Fsp3) is 0.0556. The van der Waals surface area contributed by atoms with Crippen LogP contribution in [-0.2, 0) is 4.79 Å². The molecule has 0 heterocycles. The van der Waals surface area contributed by atoms with Crippen molar-refractivity contribution in [3.8, 4) is 0 Å². The topological polar surface area (TPSA) is 104 Å². The first-order valence-corrected chi connectivity index (χ1v) is 7.03. The Morgan fingerprint density at radius 3 is 2.00 bits per heavy atom. The van der Waals surface area contributed by atoms with Crippen LogP contribution in [0.2, 0.25) is 0 Å². The second kappa shape index (κ2) is 7.23. The summed E-state index contributed by atoms with van der Waals surface area (Å²) in [5.74, 6) is -2.48. The average molecular weight is 325 g/mol. The predicted molar refractivity (Wildman–Crippen MR) is 90.0 cm³/mol. The molecule has 6 heteroatoms. The van der Waals surface area contributed by atoms with Crippen LogP contribution in [0, 0.1) is 0 Å². The highest BCUT2D eigenvalue weighted by Gasteiger charge is 2.11. The Morgan fingerprint density at radius 2 is 1.46 bits per heavy atom. The van der Waals surface area contributed by atoms with Crippen LogP contribution < -0.4 is 5.32 Å². The zero-order valence-corrected chi connectivity index (χ0v) is 12.8. The third-order valence-electron chi connectivity index (χ3n) is 3.21. The first-order valence-electron chi connectivity index (χ1n) is 7.03. The first kappa shape index (κ1) is 17.0. The summed E-state index contributed by atoms with van der Waals surface area (Å²) in [6.45, 7) is 1.31. The molecular weight excluding hydrogens is 310 g/mol. The van der Waals surface area contributed by atoms with Crippen molar-refractivity contribution in [1.29, 1.82) is 0 Å². The molecular formula is C18H15NO5. The summed E-state index contributed by atoms with van der Waals surface area (Å²) in [6, 6.07) is 11.0. The molecule has 24 heavy (non-hydrogen) atoms. The van der Waals surface area contributed by atoms with Gasteiger partial charge in [-0.3, -0.25) is 4.79 Å². The zero-order valence-electron chi connectivity index (χ0n) is 12.8. The van der Waals surface area contributed by atoms with Crippen LogP contribution in [0.25, 0.3) is 12.2 Å². The Labute approximate surface area is 138 Å². The number of hydrogen-bond acceptors (Lipinski definition) is 3. The summed E-state index contributed by atoms with van der Waals surface area (Å²) in [5, 5.41) is 20.6. The molecule has 0 saturated carbocycles. The summed E-state index contributed by atoms with van der Waals surface area (Å²) in [7, 11) is 0. The van der Waals surface area contributed by atoms with Gasteiger partial charge in [0, 0.05) is 6.92 Å². The van der Waals surface area contributed by atoms with Crippen molar-refractivity contribution in [1.82, 2.24) is 0 Å². The fourth-order valence-electron chi connectivity index (χ4n) is 2.07. The van der Waals surface area contributed by atoms with E-state index < -0.39 is 11.9 Å². The van der Waals surface area contributed by atoms with Crippen LogP contribution >= 0.6 is 0 Å². The van der Waals surface area contributed by atoms with Crippen molar-refractivity contribution in [2.24, 2.45) is 0 Å². The van der Waals surface area contributed by atoms with Crippen molar-refractivity contribution in [3.05, 3.63) is 64.7 Å². The quantitative estimate of drug-likeness (QED) is 0.732. The van der Waals surface area contributed by atoms with E-state index in [1.807, 2.05) is 0 Å². The summed E-state index contributed by atoms with van der Waals surface area (Å²) < 4.78 is 0. The van der Waals surface area contributed by atoms with Crippen molar-refractivity contribution in [2.45, 2.75) is 6.92 Å². The summed E-state index contributed by atoms with van der Waals surface area (Å²) >= 11 is 0. The lowest BCUT2D eigenvalue weighted by Gasteiger charge is -2.07. The lowest BCUT2D eigenvalue weighted by molar-refractivity contribution is -0.114. The van der Waals surface area contributed by atoms with Gasteiger partial charge in [-0.05, 0) is 35.4 Å². The van der Waals surface area contributed by atoms with Gasteiger partial charge >= 0.3 is 11.9 Å². The van der Waals surface area contributed by atoms with E-state index in [4.69, 9.17) is 5.11 Å². The number of nitrogens with one attached hydrogen (secondary N) is 1. The van der Waals surface area contributed by atoms with E-state index in [2.05, 4.69) is 5.32 Å². The molecule has 0 aliphatic carbocycles. The lowest BCUT2D eigenvalue weighted by atomic mass is 10.1. The van der Waals surface area contributed by atoms with Gasteiger partial charge in [0.05, 0.1) is 16.8 Å². The second-order valence-electron chi connectivity index (χ2n) is 5.05. The maximum atomic E-state index is 11.3. The highest BCUT2D eigenvalue weighted by Crippen LogP contribution is 2.19. The Kier molecular flexibility index (Phi) is 5.11. The molecule has 2 aromatic rings. The number of carbonyl (C=O) groups excluding carboxylic acids is 1. The van der Waals surface area contributed by atoms with E-state index in [9.17, 15) is 19.5 Å². The maximum Gasteiger partial charge on any atom is 0.337 e. The molecule has 122 valence electrons. The molecule has 0 saturated heterocycles. The molecule has 0 unspecified atom stereocenters. The van der Waals surface area contributed by atoms with Gasteiger partial charge in [-0.15, -0.1) is 0 Å². The maximum absolute atomic E-state index is 11.3. The minimum Gasteiger partial charge on any atom is -0.478 e. The van der Waals surface area contributed by atoms with Crippen LogP contribution in [0.3, 0.4) is 0 Å². The van der Waals surface area contributed by atoms with Crippen LogP contribution in [0.15, 0.2) is 42.5 Å². The Morgan fingerprint density at radius 1 is 0.875 bits per heavy atom. The monoisotopic (exact) mass is 325 g/mol. The van der Waals surface area contributed by atoms with Crippen LogP contribution in [0.1, 0.15) is 38.8 Å². The Hall–Kier alpha value is -3.41. The SMILES string of the molecule is CC(=O)Nc1ccc(C=Cc2ccc(C(=O)O)cc2)cc1C(=O)O. The lowest BCUT2D eigenvalue weighted by Crippen LogP contribution is -2.10. The largest absolute Gasteiger partial charge is 0.478 e. The summed E-state index contributed by atoms with van der Waals surface area (Å²) in [4.78, 5) is 33.2. The smallest absolute Gasteiger partial charge is 0.337 e. The number of benzene rings is 2. The van der Waals surface area contributed by atoms with E-state index in [0.29, 0.717) is 5.56 Å². The number of carboxylic acids is 2. The molecule has 0 spiro atoms. The van der Waals surface area contributed by atoms with Crippen molar-refractivity contribution in [3.63, 3.8) is 0 Å². The van der Waals surface area contributed by atoms with E-state index >= 15 is 0 Å². The molecule has 0 radical (unpaired) electrons. The van der Waals surface area contributed by atoms with Crippen LogP contribution in [0.5, 0.6) is 0 Å². The third-order valence-corrected chi connectivity index (χ3v) is 3.21. The fourth-order valence-corrected chi connectivity index (χ4v) is 2.07. The molecule has 0 aromatic heterocycles. The number of carboxylic acid groups (broad SMARTS) is 2. The number of aromatic carboxylic acids is 2. The third kappa shape index (κ3) is 4.30. The van der Waals surface area contributed by atoms with Gasteiger partial charge in [-0.25, -0.2) is 9.59 Å². The molecule has 6 nitrogen and oxygen atoms in total. The standard InChI is InChI=1S/C18H15NO5/c1-11(20)19-16-9-6-13(10-15(16)18(23)24)3-2-12-4-7-14(8-5-12)17(21)22/h2-10H,1H3,(H,19,20)(H,21,22)(H,23,24). The summed E-state index contributed by atoms with van der Waals surface area (Å²) in [5.41, 5.74) is 1.85. The van der Waals surface area contributed by atoms with Gasteiger partial charge in [-0.1, -0.05) is 30.4 Å². The van der Waals surface area contributed by atoms with Gasteiger partial charge in [0.25, 0.3) is 0 Å². The zero-order chi connectivity index (χ0) is 17.7. The highest BCUT2D eigenvalue weighted by atomic mass is 16.4. The van der Waals surface area contributed by atoms with Crippen molar-refractivity contribution in [2.75, 3.05) is 5.32 Å². The van der Waals surface area contributed by atoms with E-state index in [0.717, 1.165) is 5.56 Å². The molecule has 0 bridgehead atoms. The van der Waals surface area contributed by atoms with Gasteiger partial charge in [0.15, 0.2) is 0 Å². The van der Waals surface area contributed by atoms with Gasteiger partial charge < -0.3 is 15.5 Å². The second-order valence-corrected chi connectivity index (χ2v) is 5.05. The normalized spacial score (nSPS) is 10.5. The molecule has 0 atom stereocenters.